The summed E-state index contributed by atoms with van der Waals surface area (Å²) in [5.41, 5.74) is 0. The predicted molar refractivity (Wildman–Crippen MR) is 55.4 cm³/mol. The molecule has 80 valence electrons. The molecule has 1 aromatic rings. The second kappa shape index (κ2) is 6.18. The van der Waals surface area contributed by atoms with E-state index in [9.17, 15) is 4.79 Å². The average molecular weight is 198 g/mol. The molecule has 4 heteroatoms. The first-order chi connectivity index (χ1) is 6.25. The third kappa shape index (κ3) is 3.20. The van der Waals surface area contributed by atoms with E-state index < -0.39 is 5.97 Å². The van der Waals surface area contributed by atoms with Crippen molar-refractivity contribution >= 4 is 5.97 Å². The second-order valence-electron chi connectivity index (χ2n) is 2.96. The Bertz CT molecular complexity index is 281. The fourth-order valence-electron chi connectivity index (χ4n) is 1.22. The Hall–Kier alpha value is -1.32. The number of carboxylic acid groups (broad SMARTS) is 1. The molecule has 0 aliphatic heterocycles. The van der Waals surface area contributed by atoms with Gasteiger partial charge in [-0.3, -0.25) is 0 Å². The molecule has 1 rings (SSSR count). The van der Waals surface area contributed by atoms with Gasteiger partial charge in [0.05, 0.1) is 0 Å². The van der Waals surface area contributed by atoms with Crippen molar-refractivity contribution in [1.82, 2.24) is 9.55 Å². The third-order valence-corrected chi connectivity index (χ3v) is 1.91. The molecular weight excluding hydrogens is 180 g/mol. The molecular formula is C10H18N2O2. The molecule has 1 heterocycles. The first-order valence-corrected chi connectivity index (χ1v) is 4.50. The highest BCUT2D eigenvalue weighted by Crippen LogP contribution is 2.02. The number of aromatic nitrogens is 2. The van der Waals surface area contributed by atoms with E-state index in [-0.39, 0.29) is 13.3 Å². The largest absolute Gasteiger partial charge is 0.475 e. The van der Waals surface area contributed by atoms with E-state index in [0.717, 1.165) is 25.8 Å². The monoisotopic (exact) mass is 198 g/mol. The number of unbranched alkanes of at least 4 members (excludes halogenated alkanes) is 2. The van der Waals surface area contributed by atoms with E-state index in [2.05, 4.69) is 11.9 Å². The number of rotatable bonds is 5. The van der Waals surface area contributed by atoms with E-state index >= 15 is 0 Å². The Kier molecular flexibility index (Phi) is 5.60. The summed E-state index contributed by atoms with van der Waals surface area (Å²) in [5.74, 6) is -0.822. The lowest BCUT2D eigenvalue weighted by atomic mass is 10.2. The zero-order valence-corrected chi connectivity index (χ0v) is 7.73. The Morgan fingerprint density at radius 1 is 1.57 bits per heavy atom. The van der Waals surface area contributed by atoms with Gasteiger partial charge < -0.3 is 9.67 Å². The third-order valence-electron chi connectivity index (χ3n) is 1.91. The molecule has 0 amide bonds. The van der Waals surface area contributed by atoms with Gasteiger partial charge >= 0.3 is 5.97 Å². The zero-order valence-electron chi connectivity index (χ0n) is 7.73. The van der Waals surface area contributed by atoms with Crippen LogP contribution in [0.1, 0.15) is 44.2 Å². The molecule has 0 bridgehead atoms. The molecule has 0 fully saturated rings. The number of carboxylic acids is 1. The normalized spacial score (nSPS) is 9.50. The highest BCUT2D eigenvalue weighted by Gasteiger charge is 2.09. The lowest BCUT2D eigenvalue weighted by Gasteiger charge is -2.03. The maximum atomic E-state index is 10.6. The van der Waals surface area contributed by atoms with Crippen molar-refractivity contribution in [2.24, 2.45) is 0 Å². The zero-order chi connectivity index (χ0) is 9.68. The maximum absolute atomic E-state index is 10.6. The summed E-state index contributed by atoms with van der Waals surface area (Å²) >= 11 is 0. The topological polar surface area (TPSA) is 55.1 Å². The van der Waals surface area contributed by atoms with Crippen LogP contribution in [0.25, 0.3) is 0 Å². The van der Waals surface area contributed by atoms with Crippen molar-refractivity contribution < 1.29 is 9.90 Å². The van der Waals surface area contributed by atoms with Crippen molar-refractivity contribution in [3.63, 3.8) is 0 Å². The molecule has 14 heavy (non-hydrogen) atoms. The SMILES string of the molecule is C.CCCCCn1ccnc1C(=O)O. The van der Waals surface area contributed by atoms with Crippen molar-refractivity contribution in [2.45, 2.75) is 40.2 Å². The minimum Gasteiger partial charge on any atom is -0.475 e. The van der Waals surface area contributed by atoms with Crippen LogP contribution >= 0.6 is 0 Å². The highest BCUT2D eigenvalue weighted by molar-refractivity contribution is 5.83. The number of aromatic carboxylic acids is 1. The molecule has 0 aliphatic carbocycles. The van der Waals surface area contributed by atoms with E-state index in [1.165, 1.54) is 6.20 Å². The van der Waals surface area contributed by atoms with Gasteiger partial charge in [0.1, 0.15) is 0 Å². The number of nitrogens with zero attached hydrogens (tertiary/aromatic N) is 2. The molecule has 0 spiro atoms. The van der Waals surface area contributed by atoms with Gasteiger partial charge in [0, 0.05) is 18.9 Å². The summed E-state index contributed by atoms with van der Waals surface area (Å²) in [6.07, 6.45) is 6.50. The second-order valence-corrected chi connectivity index (χ2v) is 2.96. The quantitative estimate of drug-likeness (QED) is 0.739. The lowest BCUT2D eigenvalue weighted by Crippen LogP contribution is -2.09. The first kappa shape index (κ1) is 12.7. The van der Waals surface area contributed by atoms with Crippen LogP contribution in [0.5, 0.6) is 0 Å². The van der Waals surface area contributed by atoms with Gasteiger partial charge in [-0.05, 0) is 6.42 Å². The van der Waals surface area contributed by atoms with E-state index in [1.54, 1.807) is 10.8 Å². The van der Waals surface area contributed by atoms with Crippen molar-refractivity contribution in [1.29, 1.82) is 0 Å². The summed E-state index contributed by atoms with van der Waals surface area (Å²) in [5, 5.41) is 8.73. The first-order valence-electron chi connectivity index (χ1n) is 4.50. The van der Waals surface area contributed by atoms with Gasteiger partial charge in [0.2, 0.25) is 5.82 Å². The molecule has 0 radical (unpaired) electrons. The van der Waals surface area contributed by atoms with Gasteiger partial charge in [0.15, 0.2) is 0 Å². The Balaban J connectivity index is 0.00000169. The van der Waals surface area contributed by atoms with Crippen LogP contribution in [0.2, 0.25) is 0 Å². The summed E-state index contributed by atoms with van der Waals surface area (Å²) in [6.45, 7) is 2.86. The van der Waals surface area contributed by atoms with Crippen molar-refractivity contribution in [3.8, 4) is 0 Å². The molecule has 0 atom stereocenters. The van der Waals surface area contributed by atoms with Gasteiger partial charge in [-0.1, -0.05) is 27.2 Å². The Morgan fingerprint density at radius 3 is 2.86 bits per heavy atom. The summed E-state index contributed by atoms with van der Waals surface area (Å²) in [4.78, 5) is 14.4. The number of carbonyl (C=O) groups is 1. The van der Waals surface area contributed by atoms with E-state index in [0.29, 0.717) is 0 Å². The Labute approximate surface area is 84.6 Å². The van der Waals surface area contributed by atoms with Gasteiger partial charge in [-0.2, -0.15) is 0 Å². The molecule has 0 aliphatic rings. The van der Waals surface area contributed by atoms with Crippen LogP contribution in [0.4, 0.5) is 0 Å². The lowest BCUT2D eigenvalue weighted by molar-refractivity contribution is 0.0678. The minimum absolute atomic E-state index is 0. The van der Waals surface area contributed by atoms with Crippen molar-refractivity contribution in [3.05, 3.63) is 18.2 Å². The van der Waals surface area contributed by atoms with Crippen LogP contribution in [-0.2, 0) is 6.54 Å². The molecule has 1 aromatic heterocycles. The molecule has 0 aromatic carbocycles. The fourth-order valence-corrected chi connectivity index (χ4v) is 1.22. The van der Waals surface area contributed by atoms with Crippen LogP contribution in [0, 0.1) is 0 Å². The molecule has 0 unspecified atom stereocenters. The smallest absolute Gasteiger partial charge is 0.372 e. The number of hydrogen-bond acceptors (Lipinski definition) is 2. The number of hydrogen-bond donors (Lipinski definition) is 1. The number of aryl methyl sites for hydroxylation is 1. The fraction of sp³-hybridized carbons (Fsp3) is 0.600. The van der Waals surface area contributed by atoms with Crippen LogP contribution in [-0.4, -0.2) is 20.6 Å². The maximum Gasteiger partial charge on any atom is 0.372 e. The summed E-state index contributed by atoms with van der Waals surface area (Å²) in [7, 11) is 0. The van der Waals surface area contributed by atoms with E-state index in [1.807, 2.05) is 0 Å². The molecule has 0 saturated carbocycles. The summed E-state index contributed by atoms with van der Waals surface area (Å²) < 4.78 is 1.68. The number of imidazole rings is 1. The Morgan fingerprint density at radius 2 is 2.29 bits per heavy atom. The van der Waals surface area contributed by atoms with Gasteiger partial charge in [0.25, 0.3) is 0 Å². The van der Waals surface area contributed by atoms with Crippen LogP contribution in [0.3, 0.4) is 0 Å². The van der Waals surface area contributed by atoms with Gasteiger partial charge in [-0.25, -0.2) is 9.78 Å². The van der Waals surface area contributed by atoms with Crippen LogP contribution < -0.4 is 0 Å². The van der Waals surface area contributed by atoms with Crippen LogP contribution in [0.15, 0.2) is 12.4 Å². The molecule has 4 nitrogen and oxygen atoms in total. The van der Waals surface area contributed by atoms with Gasteiger partial charge in [-0.15, -0.1) is 0 Å². The minimum atomic E-state index is -0.957. The van der Waals surface area contributed by atoms with Crippen molar-refractivity contribution in [2.75, 3.05) is 0 Å². The van der Waals surface area contributed by atoms with E-state index in [4.69, 9.17) is 5.11 Å². The standard InChI is InChI=1S/C9H14N2O2.CH4/c1-2-3-4-6-11-7-5-10-8(11)9(12)13;/h5,7H,2-4,6H2,1H3,(H,12,13);1H4. The summed E-state index contributed by atoms with van der Waals surface area (Å²) in [6, 6.07) is 0. The highest BCUT2D eigenvalue weighted by atomic mass is 16.4. The molecule has 0 saturated heterocycles. The average Bonchev–Trinajstić information content (AvgIpc) is 2.53. The predicted octanol–water partition coefficient (Wildman–Crippen LogP) is 2.41. The molecule has 1 N–H and O–H groups in total.